The van der Waals surface area contributed by atoms with Crippen molar-refractivity contribution in [2.75, 3.05) is 19.7 Å². The van der Waals surface area contributed by atoms with Gasteiger partial charge in [-0.25, -0.2) is 0 Å². The fourth-order valence-electron chi connectivity index (χ4n) is 2.37. The van der Waals surface area contributed by atoms with E-state index in [-0.39, 0.29) is 12.5 Å². The zero-order valence-corrected chi connectivity index (χ0v) is 11.4. The fourth-order valence-corrected chi connectivity index (χ4v) is 2.37. The van der Waals surface area contributed by atoms with Crippen LogP contribution in [0.3, 0.4) is 0 Å². The molecule has 0 spiro atoms. The number of carbonyl (C=O) groups excluding carboxylic acids is 1. The highest BCUT2D eigenvalue weighted by molar-refractivity contribution is 5.94. The van der Waals surface area contributed by atoms with Gasteiger partial charge in [-0.3, -0.25) is 4.79 Å². The largest absolute Gasteiger partial charge is 0.384 e. The smallest absolute Gasteiger partial charge is 0.253 e. The summed E-state index contributed by atoms with van der Waals surface area (Å²) in [7, 11) is 0. The van der Waals surface area contributed by atoms with Gasteiger partial charge in [-0.05, 0) is 43.0 Å². The summed E-state index contributed by atoms with van der Waals surface area (Å²) < 4.78 is 0. The molecule has 100 valence electrons. The highest BCUT2D eigenvalue weighted by atomic mass is 16.2. The van der Waals surface area contributed by atoms with Crippen molar-refractivity contribution >= 4 is 5.91 Å². The predicted octanol–water partition coefficient (Wildman–Crippen LogP) is 1.82. The first kappa shape index (κ1) is 13.6. The number of hydrogen-bond donors (Lipinski definition) is 1. The molecule has 1 aliphatic rings. The van der Waals surface area contributed by atoms with Gasteiger partial charge in [0.1, 0.15) is 6.61 Å². The van der Waals surface area contributed by atoms with Gasteiger partial charge in [-0.15, -0.1) is 0 Å². The highest BCUT2D eigenvalue weighted by Crippen LogP contribution is 2.19. The lowest BCUT2D eigenvalue weighted by molar-refractivity contribution is 0.0788. The molecule has 19 heavy (non-hydrogen) atoms. The number of aliphatic hydroxyl groups is 1. The molecule has 1 aromatic carbocycles. The van der Waals surface area contributed by atoms with Crippen LogP contribution in [-0.4, -0.2) is 35.6 Å². The van der Waals surface area contributed by atoms with Gasteiger partial charge in [0.15, 0.2) is 0 Å². The van der Waals surface area contributed by atoms with Crippen LogP contribution in [0, 0.1) is 24.7 Å². The number of rotatable bonds is 1. The Hall–Kier alpha value is -1.79. The zero-order chi connectivity index (χ0) is 13.8. The summed E-state index contributed by atoms with van der Waals surface area (Å²) in [6, 6.07) is 5.55. The van der Waals surface area contributed by atoms with E-state index in [2.05, 4.69) is 18.8 Å². The molecule has 1 aromatic rings. The van der Waals surface area contributed by atoms with Crippen LogP contribution >= 0.6 is 0 Å². The number of aliphatic hydroxyl groups excluding tert-OH is 1. The minimum atomic E-state index is -0.147. The fraction of sp³-hybridized carbons (Fsp3) is 0.438. The van der Waals surface area contributed by atoms with Crippen molar-refractivity contribution in [3.05, 3.63) is 34.9 Å². The molecular formula is C16H19NO2. The summed E-state index contributed by atoms with van der Waals surface area (Å²) in [4.78, 5) is 14.2. The van der Waals surface area contributed by atoms with Crippen molar-refractivity contribution < 1.29 is 9.90 Å². The molecule has 0 saturated carbocycles. The Morgan fingerprint density at radius 1 is 1.53 bits per heavy atom. The summed E-state index contributed by atoms with van der Waals surface area (Å²) in [6.45, 7) is 5.66. The Balaban J connectivity index is 2.17. The van der Waals surface area contributed by atoms with E-state index in [0.717, 1.165) is 36.2 Å². The minimum Gasteiger partial charge on any atom is -0.384 e. The maximum Gasteiger partial charge on any atom is 0.253 e. The van der Waals surface area contributed by atoms with E-state index in [1.165, 1.54) is 0 Å². The third-order valence-corrected chi connectivity index (χ3v) is 3.49. The second kappa shape index (κ2) is 5.90. The van der Waals surface area contributed by atoms with Gasteiger partial charge in [-0.2, -0.15) is 0 Å². The third-order valence-electron chi connectivity index (χ3n) is 3.49. The predicted molar refractivity (Wildman–Crippen MR) is 74.8 cm³/mol. The molecule has 1 aliphatic heterocycles. The number of amides is 1. The average Bonchev–Trinajstić information content (AvgIpc) is 2.83. The molecular weight excluding hydrogens is 238 g/mol. The van der Waals surface area contributed by atoms with Crippen LogP contribution in [-0.2, 0) is 0 Å². The van der Waals surface area contributed by atoms with Crippen molar-refractivity contribution in [2.45, 2.75) is 20.3 Å². The van der Waals surface area contributed by atoms with Gasteiger partial charge >= 0.3 is 0 Å². The molecule has 1 amide bonds. The number of carbonyl (C=O) groups is 1. The molecule has 0 aromatic heterocycles. The van der Waals surface area contributed by atoms with E-state index in [4.69, 9.17) is 5.11 Å². The molecule has 1 fully saturated rings. The molecule has 0 bridgehead atoms. The summed E-state index contributed by atoms with van der Waals surface area (Å²) >= 11 is 0. The Morgan fingerprint density at radius 2 is 2.32 bits per heavy atom. The third kappa shape index (κ3) is 3.15. The van der Waals surface area contributed by atoms with Crippen molar-refractivity contribution in [3.8, 4) is 11.8 Å². The first-order chi connectivity index (χ1) is 9.11. The standard InChI is InChI=1S/C16H19NO2/c1-12-7-8-17(11-12)16(19)15-6-5-14(4-3-9-18)13(2)10-15/h5-6,10,12,18H,7-9,11H2,1-2H3. The molecule has 1 N–H and O–H groups in total. The maximum absolute atomic E-state index is 12.3. The molecule has 3 heteroatoms. The number of benzene rings is 1. The lowest BCUT2D eigenvalue weighted by Crippen LogP contribution is -2.28. The normalized spacial score (nSPS) is 18.1. The highest BCUT2D eigenvalue weighted by Gasteiger charge is 2.24. The van der Waals surface area contributed by atoms with E-state index >= 15 is 0 Å². The van der Waals surface area contributed by atoms with E-state index in [1.54, 1.807) is 0 Å². The van der Waals surface area contributed by atoms with Crippen LogP contribution in [0.4, 0.5) is 0 Å². The molecule has 3 nitrogen and oxygen atoms in total. The number of likely N-dealkylation sites (tertiary alicyclic amines) is 1. The SMILES string of the molecule is Cc1cc(C(=O)N2CCC(C)C2)ccc1C#CCO. The van der Waals surface area contributed by atoms with Crippen LogP contribution < -0.4 is 0 Å². The summed E-state index contributed by atoms with van der Waals surface area (Å²) in [5.41, 5.74) is 2.56. The second-order valence-corrected chi connectivity index (χ2v) is 5.13. The van der Waals surface area contributed by atoms with E-state index in [1.807, 2.05) is 30.0 Å². The minimum absolute atomic E-state index is 0.106. The maximum atomic E-state index is 12.3. The first-order valence-electron chi connectivity index (χ1n) is 6.61. The topological polar surface area (TPSA) is 40.5 Å². The van der Waals surface area contributed by atoms with Crippen LogP contribution in [0.5, 0.6) is 0 Å². The van der Waals surface area contributed by atoms with Gasteiger partial charge in [0, 0.05) is 24.2 Å². The molecule has 1 heterocycles. The molecule has 0 radical (unpaired) electrons. The monoisotopic (exact) mass is 257 g/mol. The number of aryl methyl sites for hydroxylation is 1. The average molecular weight is 257 g/mol. The van der Waals surface area contributed by atoms with Crippen LogP contribution in [0.15, 0.2) is 18.2 Å². The number of hydrogen-bond acceptors (Lipinski definition) is 2. The molecule has 0 aliphatic carbocycles. The number of nitrogens with zero attached hydrogens (tertiary/aromatic N) is 1. The summed E-state index contributed by atoms with van der Waals surface area (Å²) in [6.07, 6.45) is 1.09. The Morgan fingerprint density at radius 3 is 2.89 bits per heavy atom. The van der Waals surface area contributed by atoms with Crippen LogP contribution in [0.2, 0.25) is 0 Å². The van der Waals surface area contributed by atoms with Crippen molar-refractivity contribution in [1.29, 1.82) is 0 Å². The Bertz CT molecular complexity index is 539. The van der Waals surface area contributed by atoms with E-state index < -0.39 is 0 Å². The Kier molecular flexibility index (Phi) is 4.24. The lowest BCUT2D eigenvalue weighted by atomic mass is 10.0. The van der Waals surface area contributed by atoms with Crippen LogP contribution in [0.25, 0.3) is 0 Å². The quantitative estimate of drug-likeness (QED) is 0.780. The zero-order valence-electron chi connectivity index (χ0n) is 11.4. The summed E-state index contributed by atoms with van der Waals surface area (Å²) in [5.74, 6) is 6.21. The van der Waals surface area contributed by atoms with Crippen molar-refractivity contribution in [2.24, 2.45) is 5.92 Å². The summed E-state index contributed by atoms with van der Waals surface area (Å²) in [5, 5.41) is 8.70. The van der Waals surface area contributed by atoms with E-state index in [0.29, 0.717) is 5.92 Å². The van der Waals surface area contributed by atoms with Gasteiger partial charge in [-0.1, -0.05) is 18.8 Å². The second-order valence-electron chi connectivity index (χ2n) is 5.13. The van der Waals surface area contributed by atoms with Gasteiger partial charge < -0.3 is 10.0 Å². The lowest BCUT2D eigenvalue weighted by Gasteiger charge is -2.16. The molecule has 1 saturated heterocycles. The molecule has 1 atom stereocenters. The van der Waals surface area contributed by atoms with Crippen LogP contribution in [0.1, 0.15) is 34.8 Å². The Labute approximate surface area is 114 Å². The van der Waals surface area contributed by atoms with Gasteiger partial charge in [0.2, 0.25) is 0 Å². The molecule has 1 unspecified atom stereocenters. The van der Waals surface area contributed by atoms with Crippen molar-refractivity contribution in [1.82, 2.24) is 4.90 Å². The van der Waals surface area contributed by atoms with E-state index in [9.17, 15) is 4.79 Å². The van der Waals surface area contributed by atoms with Crippen molar-refractivity contribution in [3.63, 3.8) is 0 Å². The first-order valence-corrected chi connectivity index (χ1v) is 6.61. The molecule has 2 rings (SSSR count). The van der Waals surface area contributed by atoms with Gasteiger partial charge in [0.25, 0.3) is 5.91 Å². The van der Waals surface area contributed by atoms with Gasteiger partial charge in [0.05, 0.1) is 0 Å².